The van der Waals surface area contributed by atoms with Crippen molar-refractivity contribution in [2.75, 3.05) is 6.26 Å². The molecule has 2 unspecified atom stereocenters. The quantitative estimate of drug-likeness (QED) is 0.390. The lowest BCUT2D eigenvalue weighted by molar-refractivity contribution is -0.116. The predicted octanol–water partition coefficient (Wildman–Crippen LogP) is 3.27. The highest BCUT2D eigenvalue weighted by Crippen LogP contribution is 2.44. The molecule has 0 aliphatic rings. The minimum Gasteiger partial charge on any atom is -0.303 e. The molecule has 0 amide bonds. The molecule has 0 fully saturated rings. The van der Waals surface area contributed by atoms with Gasteiger partial charge < -0.3 is 4.79 Å². The zero-order valence-electron chi connectivity index (χ0n) is 9.96. The third kappa shape index (κ3) is 2.57. The Hall–Kier alpha value is -0.370. The average molecular weight is 214 g/mol. The maximum Gasteiger partial charge on any atom is 0.127 e. The molecule has 0 saturated heterocycles. The number of allylic oxidation sites excluding steroid dienone is 2. The van der Waals surface area contributed by atoms with Crippen molar-refractivity contribution >= 4 is 22.6 Å². The summed E-state index contributed by atoms with van der Waals surface area (Å²) in [5.41, 5.74) is -0.306. The fraction of sp³-hybridized carbons (Fsp3) is 0.667. The normalized spacial score (nSPS) is 19.2. The van der Waals surface area contributed by atoms with Gasteiger partial charge in [-0.25, -0.2) is 0 Å². The number of carbonyl (C=O) groups is 1. The van der Waals surface area contributed by atoms with Gasteiger partial charge in [0.05, 0.1) is 0 Å². The highest BCUT2D eigenvalue weighted by atomic mass is 32.2. The third-order valence-electron chi connectivity index (χ3n) is 3.28. The molecule has 0 saturated carbocycles. The Labute approximate surface area is 90.5 Å². The lowest BCUT2D eigenvalue weighted by Gasteiger charge is -2.41. The molecule has 2 heteroatoms. The molecule has 1 nitrogen and oxygen atoms in total. The summed E-state index contributed by atoms with van der Waals surface area (Å²) in [6.07, 6.45) is 8.03. The second-order valence-corrected chi connectivity index (χ2v) is 6.75. The summed E-state index contributed by atoms with van der Waals surface area (Å²) in [6, 6.07) is 0. The number of hydrogen-bond acceptors (Lipinski definition) is 1. The van der Waals surface area contributed by atoms with Gasteiger partial charge in [-0.3, -0.25) is 0 Å². The van der Waals surface area contributed by atoms with Crippen LogP contribution in [0.4, 0.5) is 0 Å². The fourth-order valence-electron chi connectivity index (χ4n) is 1.20. The smallest absolute Gasteiger partial charge is 0.127 e. The zero-order chi connectivity index (χ0) is 11.4. The SMILES string of the molecule is C=S(C)C(C)(C)C(C)(C=O)C/C=C/C. The Kier molecular flexibility index (Phi) is 4.79. The minimum atomic E-state index is -0.306. The van der Waals surface area contributed by atoms with Gasteiger partial charge in [-0.15, -0.1) is 0 Å². The van der Waals surface area contributed by atoms with E-state index in [2.05, 4.69) is 32.0 Å². The van der Waals surface area contributed by atoms with Crippen LogP contribution in [0.5, 0.6) is 0 Å². The van der Waals surface area contributed by atoms with Crippen LogP contribution >= 0.6 is 10.5 Å². The average Bonchev–Trinajstić information content (AvgIpc) is 2.13. The van der Waals surface area contributed by atoms with Crippen LogP contribution in [0.15, 0.2) is 12.2 Å². The first kappa shape index (κ1) is 13.6. The maximum absolute atomic E-state index is 11.2. The molecule has 82 valence electrons. The van der Waals surface area contributed by atoms with Crippen molar-refractivity contribution in [1.29, 1.82) is 0 Å². The van der Waals surface area contributed by atoms with Crippen LogP contribution in [0.3, 0.4) is 0 Å². The molecule has 0 heterocycles. The molecule has 0 rings (SSSR count). The van der Waals surface area contributed by atoms with E-state index in [9.17, 15) is 4.79 Å². The highest BCUT2D eigenvalue weighted by Gasteiger charge is 2.40. The molecule has 0 aromatic rings. The van der Waals surface area contributed by atoms with Crippen molar-refractivity contribution < 1.29 is 4.79 Å². The van der Waals surface area contributed by atoms with Gasteiger partial charge in [0.25, 0.3) is 0 Å². The number of aldehydes is 1. The third-order valence-corrected chi connectivity index (χ3v) is 5.49. The molecule has 0 radical (unpaired) electrons. The first-order valence-electron chi connectivity index (χ1n) is 4.85. The van der Waals surface area contributed by atoms with Gasteiger partial charge in [0.1, 0.15) is 6.29 Å². The molecule has 0 aromatic carbocycles. The molecule has 0 spiro atoms. The van der Waals surface area contributed by atoms with Gasteiger partial charge in [-0.2, -0.15) is 10.5 Å². The van der Waals surface area contributed by atoms with Gasteiger partial charge in [0, 0.05) is 10.2 Å². The van der Waals surface area contributed by atoms with E-state index in [1.54, 1.807) is 0 Å². The summed E-state index contributed by atoms with van der Waals surface area (Å²) in [5.74, 6) is 4.08. The van der Waals surface area contributed by atoms with E-state index in [4.69, 9.17) is 0 Å². The molecule has 0 aliphatic carbocycles. The van der Waals surface area contributed by atoms with Crippen molar-refractivity contribution in [2.45, 2.75) is 38.9 Å². The molecule has 0 N–H and O–H groups in total. The topological polar surface area (TPSA) is 17.1 Å². The van der Waals surface area contributed by atoms with Gasteiger partial charge in [0.15, 0.2) is 0 Å². The van der Waals surface area contributed by atoms with Gasteiger partial charge in [-0.05, 0) is 19.6 Å². The van der Waals surface area contributed by atoms with Crippen molar-refractivity contribution in [3.8, 4) is 0 Å². The van der Waals surface area contributed by atoms with Crippen LogP contribution in [0.25, 0.3) is 0 Å². The summed E-state index contributed by atoms with van der Waals surface area (Å²) in [5, 5.41) is 0. The Bertz CT molecular complexity index is 253. The summed E-state index contributed by atoms with van der Waals surface area (Å²) < 4.78 is -0.0474. The molecular formula is C12H22OS. The van der Waals surface area contributed by atoms with Crippen LogP contribution in [0, 0.1) is 5.41 Å². The largest absolute Gasteiger partial charge is 0.303 e. The summed E-state index contributed by atoms with van der Waals surface area (Å²) in [6.45, 7) is 8.25. The van der Waals surface area contributed by atoms with E-state index in [0.717, 1.165) is 12.7 Å². The summed E-state index contributed by atoms with van der Waals surface area (Å²) in [7, 11) is -0.0138. The molecule has 0 bridgehead atoms. The Morgan fingerprint density at radius 3 is 2.14 bits per heavy atom. The first-order valence-corrected chi connectivity index (χ1v) is 6.65. The van der Waals surface area contributed by atoms with Crippen LogP contribution < -0.4 is 0 Å². The van der Waals surface area contributed by atoms with Crippen molar-refractivity contribution in [2.24, 2.45) is 5.41 Å². The molecule has 2 atom stereocenters. The second kappa shape index (κ2) is 4.92. The molecule has 0 aromatic heterocycles. The standard InChI is InChI=1S/C12H22OS/c1-7-8-9-12(4,10-13)11(2,3)14(5)6/h7-8,10H,5,9H2,1-4,6H3/b8-7+. The van der Waals surface area contributed by atoms with Crippen molar-refractivity contribution in [3.63, 3.8) is 0 Å². The van der Waals surface area contributed by atoms with Gasteiger partial charge >= 0.3 is 0 Å². The van der Waals surface area contributed by atoms with E-state index in [1.165, 1.54) is 0 Å². The van der Waals surface area contributed by atoms with E-state index < -0.39 is 0 Å². The Balaban J connectivity index is 5.01. The van der Waals surface area contributed by atoms with Crippen LogP contribution in [0.1, 0.15) is 34.1 Å². The number of carbonyl (C=O) groups excluding carboxylic acids is 1. The highest BCUT2D eigenvalue weighted by molar-refractivity contribution is 8.14. The second-order valence-electron chi connectivity index (χ2n) is 4.46. The number of rotatable bonds is 5. The Morgan fingerprint density at radius 1 is 1.36 bits per heavy atom. The van der Waals surface area contributed by atoms with Crippen LogP contribution in [0.2, 0.25) is 0 Å². The van der Waals surface area contributed by atoms with E-state index in [1.807, 2.05) is 19.9 Å². The van der Waals surface area contributed by atoms with Crippen LogP contribution in [-0.2, 0) is 4.79 Å². The van der Waals surface area contributed by atoms with Gasteiger partial charge in [0.2, 0.25) is 0 Å². The summed E-state index contributed by atoms with van der Waals surface area (Å²) in [4.78, 5) is 11.2. The molecule has 0 aliphatic heterocycles. The van der Waals surface area contributed by atoms with Crippen molar-refractivity contribution in [1.82, 2.24) is 0 Å². The molecular weight excluding hydrogens is 192 g/mol. The van der Waals surface area contributed by atoms with Crippen LogP contribution in [-0.4, -0.2) is 23.2 Å². The maximum atomic E-state index is 11.2. The van der Waals surface area contributed by atoms with Gasteiger partial charge in [-0.1, -0.05) is 38.8 Å². The fourth-order valence-corrected chi connectivity index (χ4v) is 2.12. The monoisotopic (exact) mass is 214 g/mol. The first-order chi connectivity index (χ1) is 6.31. The zero-order valence-corrected chi connectivity index (χ0v) is 10.8. The number of hydrogen-bond donors (Lipinski definition) is 0. The molecule has 14 heavy (non-hydrogen) atoms. The van der Waals surface area contributed by atoms with E-state index >= 15 is 0 Å². The Morgan fingerprint density at radius 2 is 1.86 bits per heavy atom. The van der Waals surface area contributed by atoms with Crippen molar-refractivity contribution in [3.05, 3.63) is 12.2 Å². The van der Waals surface area contributed by atoms with E-state index in [0.29, 0.717) is 0 Å². The lowest BCUT2D eigenvalue weighted by atomic mass is 9.77. The predicted molar refractivity (Wildman–Crippen MR) is 68.3 cm³/mol. The minimum absolute atomic E-state index is 0.0138. The lowest BCUT2D eigenvalue weighted by Crippen LogP contribution is -2.40. The summed E-state index contributed by atoms with van der Waals surface area (Å²) >= 11 is 0. The van der Waals surface area contributed by atoms with E-state index in [-0.39, 0.29) is 20.6 Å².